The molecule has 144 valence electrons. The summed E-state index contributed by atoms with van der Waals surface area (Å²) in [5.41, 5.74) is 1.87. The summed E-state index contributed by atoms with van der Waals surface area (Å²) in [4.78, 5) is 22.6. The zero-order valence-electron chi connectivity index (χ0n) is 15.1. The Hall–Kier alpha value is -3.32. The van der Waals surface area contributed by atoms with Gasteiger partial charge in [0.1, 0.15) is 11.5 Å². The monoisotopic (exact) mass is 399 g/mol. The number of carbonyl (C=O) groups excluding carboxylic acids is 1. The number of nitro groups is 1. The maximum absolute atomic E-state index is 12.4. The van der Waals surface area contributed by atoms with Crippen LogP contribution in [-0.2, 0) is 0 Å². The lowest BCUT2D eigenvalue weighted by Crippen LogP contribution is -2.28. The van der Waals surface area contributed by atoms with E-state index in [1.807, 2.05) is 30.3 Å². The molecule has 0 aliphatic rings. The minimum atomic E-state index is -0.507. The largest absolute Gasteiger partial charge is 0.461 e. The van der Waals surface area contributed by atoms with Crippen molar-refractivity contribution in [3.05, 3.63) is 81.1 Å². The number of hydrogen-bond donors (Lipinski definition) is 2. The number of carbonyl (C=O) groups is 1. The predicted octanol–water partition coefficient (Wildman–Crippen LogP) is 4.66. The second-order valence-corrected chi connectivity index (χ2v) is 6.46. The minimum absolute atomic E-state index is 0.0755. The van der Waals surface area contributed by atoms with Gasteiger partial charge in [0.15, 0.2) is 0 Å². The number of furan rings is 1. The molecule has 0 bridgehead atoms. The summed E-state index contributed by atoms with van der Waals surface area (Å²) in [5, 5.41) is 16.8. The maximum atomic E-state index is 12.4. The van der Waals surface area contributed by atoms with Crippen LogP contribution in [0.1, 0.15) is 16.1 Å². The zero-order valence-corrected chi connectivity index (χ0v) is 15.8. The van der Waals surface area contributed by atoms with E-state index in [9.17, 15) is 14.9 Å². The van der Waals surface area contributed by atoms with E-state index in [4.69, 9.17) is 16.0 Å². The number of nitrogens with zero attached hydrogens (tertiary/aromatic N) is 1. The Balaban J connectivity index is 1.55. The van der Waals surface area contributed by atoms with E-state index in [0.29, 0.717) is 35.9 Å². The number of hydrogen-bond acceptors (Lipinski definition) is 5. The SMILES string of the molecule is Cc1oc(-c2ccccc2)cc1C(=O)NCCNc1ccc([N+](=O)[O-])cc1Cl. The average Bonchev–Trinajstić information content (AvgIpc) is 3.08. The molecule has 1 aromatic heterocycles. The van der Waals surface area contributed by atoms with Crippen LogP contribution in [0.25, 0.3) is 11.3 Å². The van der Waals surface area contributed by atoms with E-state index < -0.39 is 4.92 Å². The standard InChI is InChI=1S/C20H18ClN3O4/c1-13-16(12-19(28-13)14-5-3-2-4-6-14)20(25)23-10-9-22-18-8-7-15(24(26)27)11-17(18)21/h2-8,11-12,22H,9-10H2,1H3,(H,23,25). The Morgan fingerprint density at radius 3 is 2.57 bits per heavy atom. The second kappa shape index (κ2) is 8.58. The van der Waals surface area contributed by atoms with Gasteiger partial charge in [-0.25, -0.2) is 0 Å². The Labute approximate surface area is 166 Å². The highest BCUT2D eigenvalue weighted by Gasteiger charge is 2.15. The van der Waals surface area contributed by atoms with E-state index in [0.717, 1.165) is 5.56 Å². The Morgan fingerprint density at radius 1 is 1.14 bits per heavy atom. The van der Waals surface area contributed by atoms with Crippen molar-refractivity contribution in [3.8, 4) is 11.3 Å². The van der Waals surface area contributed by atoms with Gasteiger partial charge < -0.3 is 15.1 Å². The number of anilines is 1. The van der Waals surface area contributed by atoms with Gasteiger partial charge in [-0.3, -0.25) is 14.9 Å². The molecule has 7 nitrogen and oxygen atoms in total. The van der Waals surface area contributed by atoms with Crippen LogP contribution in [0.4, 0.5) is 11.4 Å². The first kappa shape index (κ1) is 19.4. The van der Waals surface area contributed by atoms with E-state index in [-0.39, 0.29) is 16.6 Å². The molecule has 2 N–H and O–H groups in total. The van der Waals surface area contributed by atoms with Gasteiger partial charge in [0.25, 0.3) is 11.6 Å². The maximum Gasteiger partial charge on any atom is 0.271 e. The van der Waals surface area contributed by atoms with Crippen LogP contribution in [0, 0.1) is 17.0 Å². The molecule has 0 aliphatic carbocycles. The minimum Gasteiger partial charge on any atom is -0.461 e. The van der Waals surface area contributed by atoms with Crippen LogP contribution in [0.2, 0.25) is 5.02 Å². The molecule has 0 fully saturated rings. The van der Waals surface area contributed by atoms with E-state index in [1.54, 1.807) is 13.0 Å². The molecule has 2 aromatic carbocycles. The third-order valence-corrected chi connectivity index (χ3v) is 4.42. The fraction of sp³-hybridized carbons (Fsp3) is 0.150. The first-order valence-electron chi connectivity index (χ1n) is 8.57. The van der Waals surface area contributed by atoms with Crippen molar-refractivity contribution < 1.29 is 14.1 Å². The van der Waals surface area contributed by atoms with Gasteiger partial charge in [-0.05, 0) is 19.1 Å². The lowest BCUT2D eigenvalue weighted by molar-refractivity contribution is -0.384. The number of nitro benzene ring substituents is 1. The van der Waals surface area contributed by atoms with Gasteiger partial charge >= 0.3 is 0 Å². The highest BCUT2D eigenvalue weighted by atomic mass is 35.5. The summed E-state index contributed by atoms with van der Waals surface area (Å²) in [6.45, 7) is 2.50. The summed E-state index contributed by atoms with van der Waals surface area (Å²) in [5.74, 6) is 0.946. The third-order valence-electron chi connectivity index (χ3n) is 4.11. The molecule has 28 heavy (non-hydrogen) atoms. The Bertz CT molecular complexity index is 1000. The van der Waals surface area contributed by atoms with E-state index >= 15 is 0 Å². The summed E-state index contributed by atoms with van der Waals surface area (Å²) in [6, 6.07) is 15.5. The van der Waals surface area contributed by atoms with E-state index in [1.165, 1.54) is 18.2 Å². The molecule has 0 saturated heterocycles. The van der Waals surface area contributed by atoms with Crippen LogP contribution in [0.3, 0.4) is 0 Å². The highest BCUT2D eigenvalue weighted by molar-refractivity contribution is 6.33. The molecule has 1 heterocycles. The van der Waals surface area contributed by atoms with Gasteiger partial charge in [0, 0.05) is 30.8 Å². The molecular weight excluding hydrogens is 382 g/mol. The summed E-state index contributed by atoms with van der Waals surface area (Å²) < 4.78 is 5.69. The zero-order chi connectivity index (χ0) is 20.1. The predicted molar refractivity (Wildman–Crippen MR) is 108 cm³/mol. The fourth-order valence-electron chi connectivity index (χ4n) is 2.68. The first-order chi connectivity index (χ1) is 13.5. The average molecular weight is 400 g/mol. The van der Waals surface area contributed by atoms with Crippen molar-refractivity contribution >= 4 is 28.9 Å². The number of amides is 1. The molecule has 3 aromatic rings. The molecular formula is C20H18ClN3O4. The van der Waals surface area contributed by atoms with Gasteiger partial charge in [-0.2, -0.15) is 0 Å². The van der Waals surface area contributed by atoms with Crippen LogP contribution >= 0.6 is 11.6 Å². The highest BCUT2D eigenvalue weighted by Crippen LogP contribution is 2.27. The smallest absolute Gasteiger partial charge is 0.271 e. The van der Waals surface area contributed by atoms with Crippen LogP contribution in [-0.4, -0.2) is 23.9 Å². The first-order valence-corrected chi connectivity index (χ1v) is 8.95. The summed E-state index contributed by atoms with van der Waals surface area (Å²) in [6.07, 6.45) is 0. The molecule has 0 saturated carbocycles. The third kappa shape index (κ3) is 4.50. The number of aryl methyl sites for hydroxylation is 1. The molecule has 0 spiro atoms. The van der Waals surface area contributed by atoms with E-state index in [2.05, 4.69) is 10.6 Å². The van der Waals surface area contributed by atoms with Crippen LogP contribution in [0.15, 0.2) is 59.0 Å². The summed E-state index contributed by atoms with van der Waals surface area (Å²) in [7, 11) is 0. The van der Waals surface area contributed by atoms with Crippen molar-refractivity contribution in [2.75, 3.05) is 18.4 Å². The second-order valence-electron chi connectivity index (χ2n) is 6.05. The molecule has 0 unspecified atom stereocenters. The number of benzene rings is 2. The van der Waals surface area contributed by atoms with Crippen molar-refractivity contribution in [1.29, 1.82) is 0 Å². The Morgan fingerprint density at radius 2 is 1.89 bits per heavy atom. The van der Waals surface area contributed by atoms with Crippen molar-refractivity contribution in [3.63, 3.8) is 0 Å². The molecule has 1 amide bonds. The van der Waals surface area contributed by atoms with Gasteiger partial charge in [-0.15, -0.1) is 0 Å². The van der Waals surface area contributed by atoms with Crippen LogP contribution in [0.5, 0.6) is 0 Å². The topological polar surface area (TPSA) is 97.4 Å². The van der Waals surface area contributed by atoms with Gasteiger partial charge in [-0.1, -0.05) is 41.9 Å². The molecule has 3 rings (SSSR count). The fourth-order valence-corrected chi connectivity index (χ4v) is 2.92. The number of non-ortho nitro benzene ring substituents is 1. The van der Waals surface area contributed by atoms with Crippen molar-refractivity contribution in [2.45, 2.75) is 6.92 Å². The van der Waals surface area contributed by atoms with Crippen LogP contribution < -0.4 is 10.6 Å². The van der Waals surface area contributed by atoms with Gasteiger partial charge in [0.2, 0.25) is 0 Å². The van der Waals surface area contributed by atoms with Gasteiger partial charge in [0.05, 0.1) is 21.2 Å². The number of nitrogens with one attached hydrogen (secondary N) is 2. The lowest BCUT2D eigenvalue weighted by atomic mass is 10.1. The molecule has 0 aliphatic heterocycles. The summed E-state index contributed by atoms with van der Waals surface area (Å²) >= 11 is 6.03. The lowest BCUT2D eigenvalue weighted by Gasteiger charge is -2.09. The quantitative estimate of drug-likeness (QED) is 0.342. The number of halogens is 1. The normalized spacial score (nSPS) is 10.5. The molecule has 0 radical (unpaired) electrons. The van der Waals surface area contributed by atoms with Crippen molar-refractivity contribution in [1.82, 2.24) is 5.32 Å². The molecule has 0 atom stereocenters. The Kier molecular flexibility index (Phi) is 5.96. The number of rotatable bonds is 7. The molecule has 8 heteroatoms. The van der Waals surface area contributed by atoms with Crippen molar-refractivity contribution in [2.24, 2.45) is 0 Å².